The lowest BCUT2D eigenvalue weighted by Crippen LogP contribution is -2.46. The number of hydrogen-bond donors (Lipinski definition) is 3. The van der Waals surface area contributed by atoms with E-state index in [0.29, 0.717) is 6.42 Å². The maximum absolute atomic E-state index is 11.4. The van der Waals surface area contributed by atoms with Crippen molar-refractivity contribution >= 4 is 17.9 Å². The molecule has 18 heavy (non-hydrogen) atoms. The molecule has 0 aromatic heterocycles. The number of aliphatic carboxylic acids is 1. The smallest absolute Gasteiger partial charge is 0.315 e. The summed E-state index contributed by atoms with van der Waals surface area (Å²) in [6.45, 7) is 3.19. The van der Waals surface area contributed by atoms with Crippen LogP contribution < -0.4 is 10.6 Å². The number of carbonyl (C=O) groups excluding carboxylic acids is 2. The van der Waals surface area contributed by atoms with Crippen LogP contribution in [0.4, 0.5) is 4.79 Å². The number of urea groups is 1. The van der Waals surface area contributed by atoms with Crippen LogP contribution in [-0.4, -0.2) is 55.1 Å². The van der Waals surface area contributed by atoms with E-state index in [2.05, 4.69) is 10.6 Å². The molecule has 0 aliphatic carbocycles. The van der Waals surface area contributed by atoms with E-state index >= 15 is 0 Å². The lowest BCUT2D eigenvalue weighted by molar-refractivity contribution is -0.147. The number of rotatable bonds is 6. The third-order valence-electron chi connectivity index (χ3n) is 2.83. The zero-order valence-corrected chi connectivity index (χ0v) is 11.2. The number of likely N-dealkylation sites (N-methyl/N-ethyl adjacent to an activating group) is 1. The highest BCUT2D eigenvalue weighted by atomic mass is 16.4. The first-order valence-corrected chi connectivity index (χ1v) is 5.68. The Kier molecular flexibility index (Phi) is 6.15. The predicted octanol–water partition coefficient (Wildman–Crippen LogP) is -0.125. The summed E-state index contributed by atoms with van der Waals surface area (Å²) >= 11 is 0. The van der Waals surface area contributed by atoms with E-state index in [1.165, 1.54) is 4.90 Å². The van der Waals surface area contributed by atoms with Crippen LogP contribution in [-0.2, 0) is 9.59 Å². The Morgan fingerprint density at radius 1 is 1.22 bits per heavy atom. The van der Waals surface area contributed by atoms with Gasteiger partial charge in [-0.2, -0.15) is 0 Å². The lowest BCUT2D eigenvalue weighted by atomic mass is 9.88. The van der Waals surface area contributed by atoms with Crippen molar-refractivity contribution in [1.29, 1.82) is 0 Å². The topological polar surface area (TPSA) is 98.7 Å². The van der Waals surface area contributed by atoms with Crippen molar-refractivity contribution in [2.24, 2.45) is 5.41 Å². The summed E-state index contributed by atoms with van der Waals surface area (Å²) in [5.41, 5.74) is -0.997. The number of nitrogens with zero attached hydrogens (tertiary/aromatic N) is 1. The van der Waals surface area contributed by atoms with Crippen LogP contribution in [0.3, 0.4) is 0 Å². The number of amides is 3. The molecule has 0 heterocycles. The standard InChI is InChI=1S/C11H21N3O4/c1-5-11(2,9(16)17)7-13-10(18)12-6-8(15)14(3)4/h5-7H2,1-4H3,(H,16,17)(H2,12,13,18). The predicted molar refractivity (Wildman–Crippen MR) is 66.1 cm³/mol. The van der Waals surface area contributed by atoms with Crippen LogP contribution in [0.1, 0.15) is 20.3 Å². The van der Waals surface area contributed by atoms with Gasteiger partial charge in [-0.3, -0.25) is 9.59 Å². The van der Waals surface area contributed by atoms with Gasteiger partial charge in [0.2, 0.25) is 5.91 Å². The van der Waals surface area contributed by atoms with Gasteiger partial charge in [-0.15, -0.1) is 0 Å². The molecule has 0 saturated carbocycles. The third-order valence-corrected chi connectivity index (χ3v) is 2.83. The normalized spacial score (nSPS) is 13.3. The van der Waals surface area contributed by atoms with Crippen molar-refractivity contribution in [1.82, 2.24) is 15.5 Å². The monoisotopic (exact) mass is 259 g/mol. The molecule has 3 N–H and O–H groups in total. The molecular formula is C11H21N3O4. The van der Waals surface area contributed by atoms with E-state index in [-0.39, 0.29) is 19.0 Å². The van der Waals surface area contributed by atoms with Gasteiger partial charge in [0.05, 0.1) is 12.0 Å². The van der Waals surface area contributed by atoms with Crippen molar-refractivity contribution in [2.45, 2.75) is 20.3 Å². The van der Waals surface area contributed by atoms with Gasteiger partial charge in [0.15, 0.2) is 0 Å². The zero-order valence-electron chi connectivity index (χ0n) is 11.2. The van der Waals surface area contributed by atoms with Gasteiger partial charge in [-0.1, -0.05) is 6.92 Å². The van der Waals surface area contributed by atoms with Gasteiger partial charge in [0.1, 0.15) is 0 Å². The van der Waals surface area contributed by atoms with Gasteiger partial charge in [0.25, 0.3) is 0 Å². The second kappa shape index (κ2) is 6.83. The maximum atomic E-state index is 11.4. The number of carbonyl (C=O) groups is 3. The van der Waals surface area contributed by atoms with Gasteiger partial charge in [-0.25, -0.2) is 4.79 Å². The molecule has 0 aliphatic heterocycles. The molecule has 0 bridgehead atoms. The molecule has 0 aromatic rings. The fraction of sp³-hybridized carbons (Fsp3) is 0.727. The first-order chi connectivity index (χ1) is 8.23. The molecule has 0 saturated heterocycles. The summed E-state index contributed by atoms with van der Waals surface area (Å²) in [5.74, 6) is -1.20. The molecule has 7 nitrogen and oxygen atoms in total. The molecule has 1 unspecified atom stereocenters. The fourth-order valence-electron chi connectivity index (χ4n) is 1.00. The molecule has 1 atom stereocenters. The van der Waals surface area contributed by atoms with Crippen LogP contribution in [0.25, 0.3) is 0 Å². The van der Waals surface area contributed by atoms with Gasteiger partial charge >= 0.3 is 12.0 Å². The molecule has 0 radical (unpaired) electrons. The molecule has 0 spiro atoms. The average molecular weight is 259 g/mol. The summed E-state index contributed by atoms with van der Waals surface area (Å²) in [4.78, 5) is 34.9. The minimum Gasteiger partial charge on any atom is -0.481 e. The Morgan fingerprint density at radius 3 is 2.17 bits per heavy atom. The summed E-state index contributed by atoms with van der Waals surface area (Å²) in [6.07, 6.45) is 0.402. The summed E-state index contributed by atoms with van der Waals surface area (Å²) in [5, 5.41) is 13.8. The van der Waals surface area contributed by atoms with Gasteiger partial charge < -0.3 is 20.6 Å². The second-order valence-corrected chi connectivity index (χ2v) is 4.54. The van der Waals surface area contributed by atoms with E-state index in [4.69, 9.17) is 5.11 Å². The van der Waals surface area contributed by atoms with Crippen LogP contribution in [0.2, 0.25) is 0 Å². The molecule has 0 aliphatic rings. The molecule has 0 rings (SSSR count). The number of carboxylic acids is 1. The highest BCUT2D eigenvalue weighted by Gasteiger charge is 2.31. The van der Waals surface area contributed by atoms with E-state index in [1.54, 1.807) is 27.9 Å². The Hall–Kier alpha value is -1.79. The van der Waals surface area contributed by atoms with E-state index in [0.717, 1.165) is 0 Å². The fourth-order valence-corrected chi connectivity index (χ4v) is 1.00. The van der Waals surface area contributed by atoms with Gasteiger partial charge in [-0.05, 0) is 13.3 Å². The molecule has 0 aromatic carbocycles. The molecule has 0 fully saturated rings. The summed E-state index contributed by atoms with van der Waals surface area (Å²) in [7, 11) is 3.17. The Labute approximate surface area is 107 Å². The molecule has 7 heteroatoms. The molecule has 3 amide bonds. The van der Waals surface area contributed by atoms with Crippen molar-refractivity contribution < 1.29 is 19.5 Å². The lowest BCUT2D eigenvalue weighted by Gasteiger charge is -2.23. The number of carboxylic acid groups (broad SMARTS) is 1. The second-order valence-electron chi connectivity index (χ2n) is 4.54. The number of hydrogen-bond acceptors (Lipinski definition) is 3. The zero-order chi connectivity index (χ0) is 14.3. The quantitative estimate of drug-likeness (QED) is 0.619. The Bertz CT molecular complexity index is 330. The van der Waals surface area contributed by atoms with Crippen molar-refractivity contribution in [3.8, 4) is 0 Å². The van der Waals surface area contributed by atoms with Crippen molar-refractivity contribution in [3.05, 3.63) is 0 Å². The minimum absolute atomic E-state index is 0.0147. The summed E-state index contributed by atoms with van der Waals surface area (Å²) < 4.78 is 0. The van der Waals surface area contributed by atoms with Crippen LogP contribution in [0, 0.1) is 5.41 Å². The average Bonchev–Trinajstić information content (AvgIpc) is 2.32. The minimum atomic E-state index is -0.997. The van der Waals surface area contributed by atoms with E-state index in [1.807, 2.05) is 0 Å². The SMILES string of the molecule is CCC(C)(CNC(=O)NCC(=O)N(C)C)C(=O)O. The number of nitrogens with one attached hydrogen (secondary N) is 2. The highest BCUT2D eigenvalue weighted by molar-refractivity contribution is 5.84. The highest BCUT2D eigenvalue weighted by Crippen LogP contribution is 2.19. The van der Waals surface area contributed by atoms with Crippen LogP contribution in [0.5, 0.6) is 0 Å². The first kappa shape index (κ1) is 16.2. The largest absolute Gasteiger partial charge is 0.481 e. The van der Waals surface area contributed by atoms with E-state index in [9.17, 15) is 14.4 Å². The Balaban J connectivity index is 4.11. The molecular weight excluding hydrogens is 238 g/mol. The van der Waals surface area contributed by atoms with Crippen LogP contribution >= 0.6 is 0 Å². The third kappa shape index (κ3) is 5.03. The molecule has 104 valence electrons. The first-order valence-electron chi connectivity index (χ1n) is 5.68. The maximum Gasteiger partial charge on any atom is 0.315 e. The van der Waals surface area contributed by atoms with Crippen molar-refractivity contribution in [2.75, 3.05) is 27.2 Å². The van der Waals surface area contributed by atoms with Crippen molar-refractivity contribution in [3.63, 3.8) is 0 Å². The Morgan fingerprint density at radius 2 is 1.78 bits per heavy atom. The summed E-state index contributed by atoms with van der Waals surface area (Å²) in [6, 6.07) is -0.550. The van der Waals surface area contributed by atoms with E-state index < -0.39 is 17.4 Å². The van der Waals surface area contributed by atoms with Gasteiger partial charge in [0, 0.05) is 20.6 Å². The van der Waals surface area contributed by atoms with Crippen LogP contribution in [0.15, 0.2) is 0 Å².